The second-order valence-corrected chi connectivity index (χ2v) is 15.0. The van der Waals surface area contributed by atoms with Crippen LogP contribution in [-0.2, 0) is 0 Å². The van der Waals surface area contributed by atoms with E-state index >= 15 is 0 Å². The van der Waals surface area contributed by atoms with E-state index in [0.29, 0.717) is 22.5 Å². The van der Waals surface area contributed by atoms with Crippen molar-refractivity contribution in [2.45, 2.75) is 0 Å². The molecule has 4 aromatic heterocycles. The van der Waals surface area contributed by atoms with Gasteiger partial charge < -0.3 is 18.0 Å². The lowest BCUT2D eigenvalue weighted by atomic mass is 10.0. The molecule has 0 aliphatic heterocycles. The summed E-state index contributed by atoms with van der Waals surface area (Å²) in [6, 6.07) is 58.8. The zero-order chi connectivity index (χ0) is 38.2. The smallest absolute Gasteiger partial charge is 0.137 e. The van der Waals surface area contributed by atoms with Gasteiger partial charge in [-0.1, -0.05) is 97.1 Å². The molecule has 0 amide bonds. The molecule has 0 aliphatic rings. The zero-order valence-corrected chi connectivity index (χ0v) is 30.6. The predicted octanol–water partition coefficient (Wildman–Crippen LogP) is 13.7. The van der Waals surface area contributed by atoms with E-state index < -0.39 is 0 Å². The molecule has 0 spiro atoms. The van der Waals surface area contributed by atoms with Gasteiger partial charge in [0.15, 0.2) is 0 Å². The number of nitrogens with zero attached hydrogens (tertiary/aromatic N) is 4. The van der Waals surface area contributed by atoms with Gasteiger partial charge in [0.2, 0.25) is 0 Å². The maximum absolute atomic E-state index is 11.2. The molecule has 0 aliphatic carbocycles. The third kappa shape index (κ3) is 3.88. The van der Waals surface area contributed by atoms with Crippen LogP contribution in [0.1, 0.15) is 11.1 Å². The Hall–Kier alpha value is -8.32. The van der Waals surface area contributed by atoms with Crippen LogP contribution in [0.3, 0.4) is 0 Å². The minimum Gasteiger partial charge on any atom is -0.456 e. The van der Waals surface area contributed by atoms with E-state index in [0.717, 1.165) is 109 Å². The minimum atomic E-state index is 0.436. The van der Waals surface area contributed by atoms with Crippen LogP contribution in [0.25, 0.3) is 120 Å². The lowest BCUT2D eigenvalue weighted by Gasteiger charge is -2.16. The third-order valence-electron chi connectivity index (χ3n) is 12.2. The largest absolute Gasteiger partial charge is 0.456 e. The quantitative estimate of drug-likeness (QED) is 0.177. The normalized spacial score (nSPS) is 12.1. The number of hydrogen-bond donors (Lipinski definition) is 0. The summed E-state index contributed by atoms with van der Waals surface area (Å²) in [4.78, 5) is 0. The molecule has 13 rings (SSSR count). The van der Waals surface area contributed by atoms with Crippen LogP contribution in [0.15, 0.2) is 167 Å². The number of fused-ring (bicyclic) bond motifs is 18. The van der Waals surface area contributed by atoms with E-state index in [1.807, 2.05) is 60.7 Å². The third-order valence-corrected chi connectivity index (χ3v) is 12.2. The van der Waals surface area contributed by atoms with Crippen LogP contribution in [0.4, 0.5) is 0 Å². The average molecular weight is 739 g/mol. The highest BCUT2D eigenvalue weighted by atomic mass is 16.3. The molecule has 58 heavy (non-hydrogen) atoms. The van der Waals surface area contributed by atoms with E-state index in [9.17, 15) is 10.5 Å². The van der Waals surface area contributed by atoms with Crippen LogP contribution >= 0.6 is 0 Å². The Morgan fingerprint density at radius 3 is 1.22 bits per heavy atom. The molecule has 0 N–H and O–H groups in total. The minimum absolute atomic E-state index is 0.436. The van der Waals surface area contributed by atoms with E-state index in [4.69, 9.17) is 8.83 Å². The fourth-order valence-corrected chi connectivity index (χ4v) is 9.79. The number of benzene rings is 9. The van der Waals surface area contributed by atoms with Gasteiger partial charge in [0.05, 0.1) is 55.3 Å². The Labute approximate surface area is 328 Å². The van der Waals surface area contributed by atoms with Gasteiger partial charge in [-0.3, -0.25) is 0 Å². The standard InChI is InChI=1S/C52H26N4O2/c53-27-31-26-42(56-40-22-18-30-10-2-4-12-34(30)48(40)38-20-24-46-50(52(38)56)36-14-6-8-16-44(36)58-46)32(28-54)25-41(31)55-39-21-17-29-9-1-3-11-33(29)47(39)37-19-23-45-49(51(37)55)35-13-5-7-15-43(35)57-45/h1-26H. The van der Waals surface area contributed by atoms with E-state index in [2.05, 4.69) is 118 Å². The number of para-hydroxylation sites is 2. The van der Waals surface area contributed by atoms with Gasteiger partial charge in [0.25, 0.3) is 0 Å². The molecule has 266 valence electrons. The molecule has 4 heterocycles. The highest BCUT2D eigenvalue weighted by Gasteiger charge is 2.26. The number of nitriles is 2. The molecular weight excluding hydrogens is 713 g/mol. The summed E-state index contributed by atoms with van der Waals surface area (Å²) in [7, 11) is 0. The van der Waals surface area contributed by atoms with Gasteiger partial charge in [-0.25, -0.2) is 0 Å². The van der Waals surface area contributed by atoms with E-state index in [1.165, 1.54) is 0 Å². The lowest BCUT2D eigenvalue weighted by Crippen LogP contribution is -2.04. The maximum atomic E-state index is 11.2. The second-order valence-electron chi connectivity index (χ2n) is 15.0. The molecule has 0 saturated heterocycles. The summed E-state index contributed by atoms with van der Waals surface area (Å²) in [6.45, 7) is 0. The number of rotatable bonds is 2. The Morgan fingerprint density at radius 2 is 0.776 bits per heavy atom. The van der Waals surface area contributed by atoms with Gasteiger partial charge in [-0.2, -0.15) is 10.5 Å². The highest BCUT2D eigenvalue weighted by molar-refractivity contribution is 6.31. The molecule has 13 aromatic rings. The van der Waals surface area contributed by atoms with Gasteiger partial charge >= 0.3 is 0 Å². The van der Waals surface area contributed by atoms with Crippen molar-refractivity contribution in [2.24, 2.45) is 0 Å². The first-order valence-electron chi connectivity index (χ1n) is 19.2. The van der Waals surface area contributed by atoms with E-state index in [-0.39, 0.29) is 0 Å². The van der Waals surface area contributed by atoms with Gasteiger partial charge in [-0.05, 0) is 82.2 Å². The Bertz CT molecular complexity index is 3790. The van der Waals surface area contributed by atoms with Crippen molar-refractivity contribution >= 4 is 109 Å². The highest BCUT2D eigenvalue weighted by Crippen LogP contribution is 2.46. The van der Waals surface area contributed by atoms with Gasteiger partial charge in [-0.15, -0.1) is 0 Å². The molecule has 0 atom stereocenters. The lowest BCUT2D eigenvalue weighted by molar-refractivity contribution is 0.669. The van der Waals surface area contributed by atoms with Crippen LogP contribution in [0, 0.1) is 22.7 Å². The van der Waals surface area contributed by atoms with Gasteiger partial charge in [0, 0.05) is 32.3 Å². The van der Waals surface area contributed by atoms with Crippen LogP contribution in [-0.4, -0.2) is 9.13 Å². The van der Waals surface area contributed by atoms with Crippen molar-refractivity contribution < 1.29 is 8.83 Å². The molecule has 0 fully saturated rings. The zero-order valence-electron chi connectivity index (χ0n) is 30.6. The topological polar surface area (TPSA) is 83.7 Å². The van der Waals surface area contributed by atoms with Crippen LogP contribution < -0.4 is 0 Å². The number of aromatic nitrogens is 2. The van der Waals surface area contributed by atoms with Crippen LogP contribution in [0.2, 0.25) is 0 Å². The molecule has 6 nitrogen and oxygen atoms in total. The molecule has 0 saturated carbocycles. The summed E-state index contributed by atoms with van der Waals surface area (Å²) in [5.41, 5.74) is 8.95. The Morgan fingerprint density at radius 1 is 0.362 bits per heavy atom. The average Bonchev–Trinajstić information content (AvgIpc) is 4.03. The monoisotopic (exact) mass is 738 g/mol. The molecule has 0 radical (unpaired) electrons. The molecule has 0 bridgehead atoms. The predicted molar refractivity (Wildman–Crippen MR) is 234 cm³/mol. The first kappa shape index (κ1) is 30.9. The van der Waals surface area contributed by atoms with Crippen LogP contribution in [0.5, 0.6) is 0 Å². The Kier molecular flexibility index (Phi) is 5.94. The summed E-state index contributed by atoms with van der Waals surface area (Å²) in [5.74, 6) is 0. The first-order chi connectivity index (χ1) is 28.7. The summed E-state index contributed by atoms with van der Waals surface area (Å²) < 4.78 is 17.2. The second kappa shape index (κ2) is 11.1. The first-order valence-corrected chi connectivity index (χ1v) is 19.2. The summed E-state index contributed by atoms with van der Waals surface area (Å²) in [5, 5.41) is 35.1. The fraction of sp³-hybridized carbons (Fsp3) is 0. The molecule has 0 unspecified atom stereocenters. The summed E-state index contributed by atoms with van der Waals surface area (Å²) in [6.07, 6.45) is 0. The van der Waals surface area contributed by atoms with Crippen molar-refractivity contribution in [3.8, 4) is 23.5 Å². The van der Waals surface area contributed by atoms with Crippen molar-refractivity contribution in [2.75, 3.05) is 0 Å². The number of hydrogen-bond acceptors (Lipinski definition) is 4. The van der Waals surface area contributed by atoms with Gasteiger partial charge in [0.1, 0.15) is 34.5 Å². The SMILES string of the molecule is N#Cc1cc(-n2c3ccc4ccccc4c3c3ccc4oc5ccccc5c4c32)c(C#N)cc1-n1c2ccc3ccccc3c2c2ccc3oc4ccccc4c3c21. The number of furan rings is 2. The van der Waals surface area contributed by atoms with Crippen molar-refractivity contribution in [1.29, 1.82) is 10.5 Å². The van der Waals surface area contributed by atoms with Crippen molar-refractivity contribution in [1.82, 2.24) is 9.13 Å². The maximum Gasteiger partial charge on any atom is 0.137 e. The molecule has 6 heteroatoms. The van der Waals surface area contributed by atoms with E-state index in [1.54, 1.807) is 0 Å². The van der Waals surface area contributed by atoms with Crippen molar-refractivity contribution in [3.05, 3.63) is 169 Å². The Balaban J connectivity index is 1.21. The molecular formula is C52H26N4O2. The fourth-order valence-electron chi connectivity index (χ4n) is 9.79. The van der Waals surface area contributed by atoms with Crippen molar-refractivity contribution in [3.63, 3.8) is 0 Å². The molecule has 9 aromatic carbocycles. The summed E-state index contributed by atoms with van der Waals surface area (Å²) >= 11 is 0.